The molecule has 0 fully saturated rings. The lowest BCUT2D eigenvalue weighted by atomic mass is 9.85. The van der Waals surface area contributed by atoms with Crippen LogP contribution < -0.4 is 16.0 Å². The van der Waals surface area contributed by atoms with Crippen molar-refractivity contribution in [2.45, 2.75) is 12.8 Å². The first-order valence-corrected chi connectivity index (χ1v) is 7.32. The molecule has 0 saturated heterocycles. The van der Waals surface area contributed by atoms with Crippen molar-refractivity contribution in [3.63, 3.8) is 0 Å². The molecule has 3 rings (SSSR count). The predicted molar refractivity (Wildman–Crippen MR) is 86.4 cm³/mol. The summed E-state index contributed by atoms with van der Waals surface area (Å²) in [5.41, 5.74) is 5.81. The number of rotatable bonds is 3. The fourth-order valence-electron chi connectivity index (χ4n) is 2.85. The number of ether oxygens (including phenoxy) is 1. The summed E-state index contributed by atoms with van der Waals surface area (Å²) in [6.07, 6.45) is 3.69. The van der Waals surface area contributed by atoms with Crippen molar-refractivity contribution in [3.05, 3.63) is 70.5 Å². The SMILES string of the molecule is COc1ccc(C2=CCCc3ccc(C(=O)NN)cc32)c(F)c1. The molecule has 1 aliphatic carbocycles. The number of fused-ring (bicyclic) bond motifs is 1. The third-order valence-electron chi connectivity index (χ3n) is 4.02. The Hall–Kier alpha value is -2.66. The third kappa shape index (κ3) is 2.83. The number of carbonyl (C=O) groups excluding carboxylic acids is 1. The van der Waals surface area contributed by atoms with E-state index in [9.17, 15) is 9.18 Å². The molecule has 1 amide bonds. The lowest BCUT2D eigenvalue weighted by Crippen LogP contribution is -2.30. The molecule has 0 aliphatic heterocycles. The first-order chi connectivity index (χ1) is 11.1. The van der Waals surface area contributed by atoms with Crippen molar-refractivity contribution in [1.82, 2.24) is 5.43 Å². The van der Waals surface area contributed by atoms with Crippen molar-refractivity contribution in [3.8, 4) is 5.75 Å². The fourth-order valence-corrected chi connectivity index (χ4v) is 2.85. The third-order valence-corrected chi connectivity index (χ3v) is 4.02. The van der Waals surface area contributed by atoms with E-state index in [0.717, 1.165) is 29.5 Å². The Labute approximate surface area is 133 Å². The van der Waals surface area contributed by atoms with Crippen molar-refractivity contribution < 1.29 is 13.9 Å². The summed E-state index contributed by atoms with van der Waals surface area (Å²) < 4.78 is 19.5. The Bertz CT molecular complexity index is 800. The zero-order valence-corrected chi connectivity index (χ0v) is 12.7. The molecule has 3 N–H and O–H groups in total. The van der Waals surface area contributed by atoms with E-state index in [1.54, 1.807) is 24.3 Å². The Morgan fingerprint density at radius 2 is 2.04 bits per heavy atom. The molecule has 2 aromatic carbocycles. The van der Waals surface area contributed by atoms with Crippen molar-refractivity contribution >= 4 is 11.5 Å². The molecule has 118 valence electrons. The van der Waals surface area contributed by atoms with Gasteiger partial charge in [-0.25, -0.2) is 10.2 Å². The molecule has 2 aromatic rings. The van der Waals surface area contributed by atoms with Gasteiger partial charge in [0.25, 0.3) is 5.91 Å². The Kier molecular flexibility index (Phi) is 4.12. The van der Waals surface area contributed by atoms with Crippen molar-refractivity contribution in [2.24, 2.45) is 5.84 Å². The van der Waals surface area contributed by atoms with Crippen LogP contribution in [0.4, 0.5) is 4.39 Å². The maximum absolute atomic E-state index is 14.4. The van der Waals surface area contributed by atoms with Gasteiger partial charge in [-0.1, -0.05) is 12.1 Å². The zero-order valence-electron chi connectivity index (χ0n) is 12.7. The number of hydrazine groups is 1. The Morgan fingerprint density at radius 3 is 2.74 bits per heavy atom. The minimum atomic E-state index is -0.368. The molecule has 0 heterocycles. The quantitative estimate of drug-likeness (QED) is 0.520. The van der Waals surface area contributed by atoms with E-state index in [-0.39, 0.29) is 11.7 Å². The van der Waals surface area contributed by atoms with Crippen LogP contribution in [0.15, 0.2) is 42.5 Å². The molecule has 1 aliphatic rings. The molecule has 4 nitrogen and oxygen atoms in total. The second-order valence-electron chi connectivity index (χ2n) is 5.35. The smallest absolute Gasteiger partial charge is 0.265 e. The standard InChI is InChI=1S/C18H17FN2O2/c1-23-13-7-8-15(17(19)10-13)14-4-2-3-11-5-6-12(9-16(11)14)18(22)21-20/h4-10H,2-3,20H2,1H3,(H,21,22). The van der Waals surface area contributed by atoms with E-state index in [2.05, 4.69) is 5.43 Å². The van der Waals surface area contributed by atoms with Gasteiger partial charge in [0.2, 0.25) is 0 Å². The fraction of sp³-hybridized carbons (Fsp3) is 0.167. The van der Waals surface area contributed by atoms with Gasteiger partial charge in [-0.3, -0.25) is 10.2 Å². The summed E-state index contributed by atoms with van der Waals surface area (Å²) in [6, 6.07) is 10.2. The lowest BCUT2D eigenvalue weighted by molar-refractivity contribution is 0.0953. The highest BCUT2D eigenvalue weighted by molar-refractivity contribution is 5.96. The number of benzene rings is 2. The molecule has 5 heteroatoms. The summed E-state index contributed by atoms with van der Waals surface area (Å²) in [4.78, 5) is 11.7. The summed E-state index contributed by atoms with van der Waals surface area (Å²) in [5.74, 6) is 4.95. The van der Waals surface area contributed by atoms with E-state index in [1.165, 1.54) is 13.2 Å². The van der Waals surface area contributed by atoms with Gasteiger partial charge in [0, 0.05) is 17.2 Å². The molecule has 0 aromatic heterocycles. The van der Waals surface area contributed by atoms with Gasteiger partial charge in [0.15, 0.2) is 0 Å². The van der Waals surface area contributed by atoms with Gasteiger partial charge in [-0.15, -0.1) is 0 Å². The van der Waals surface area contributed by atoms with Gasteiger partial charge in [-0.2, -0.15) is 0 Å². The number of carbonyl (C=O) groups is 1. The number of nitrogens with two attached hydrogens (primary N) is 1. The number of amides is 1. The summed E-state index contributed by atoms with van der Waals surface area (Å²) in [5, 5.41) is 0. The second-order valence-corrected chi connectivity index (χ2v) is 5.35. The predicted octanol–water partition coefficient (Wildman–Crippen LogP) is 2.82. The van der Waals surface area contributed by atoms with Crippen LogP contribution in [-0.4, -0.2) is 13.0 Å². The van der Waals surface area contributed by atoms with Gasteiger partial charge < -0.3 is 4.74 Å². The number of nitrogens with one attached hydrogen (secondary N) is 1. The number of hydrogen-bond acceptors (Lipinski definition) is 3. The van der Waals surface area contributed by atoms with Crippen LogP contribution in [0.25, 0.3) is 5.57 Å². The van der Waals surface area contributed by atoms with Crippen LogP contribution in [0.5, 0.6) is 5.75 Å². The first kappa shape index (κ1) is 15.2. The molecule has 0 spiro atoms. The second kappa shape index (κ2) is 6.22. The Balaban J connectivity index is 2.09. The normalized spacial score (nSPS) is 13.1. The highest BCUT2D eigenvalue weighted by Gasteiger charge is 2.19. The van der Waals surface area contributed by atoms with E-state index < -0.39 is 0 Å². The van der Waals surface area contributed by atoms with E-state index in [4.69, 9.17) is 10.6 Å². The molecule has 0 bridgehead atoms. The molecule has 0 saturated carbocycles. The number of hydrogen-bond donors (Lipinski definition) is 2. The molecular weight excluding hydrogens is 295 g/mol. The Morgan fingerprint density at radius 1 is 1.22 bits per heavy atom. The maximum Gasteiger partial charge on any atom is 0.265 e. The average Bonchev–Trinajstić information content (AvgIpc) is 2.60. The van der Waals surface area contributed by atoms with Crippen LogP contribution in [0.2, 0.25) is 0 Å². The van der Waals surface area contributed by atoms with Gasteiger partial charge in [0.1, 0.15) is 11.6 Å². The van der Waals surface area contributed by atoms with Crippen LogP contribution in [0, 0.1) is 5.82 Å². The number of nitrogen functional groups attached to an aromatic ring is 1. The topological polar surface area (TPSA) is 64.3 Å². The van der Waals surface area contributed by atoms with Crippen LogP contribution in [-0.2, 0) is 6.42 Å². The van der Waals surface area contributed by atoms with Gasteiger partial charge in [-0.05, 0) is 53.8 Å². The van der Waals surface area contributed by atoms with Crippen LogP contribution in [0.3, 0.4) is 0 Å². The number of allylic oxidation sites excluding steroid dienone is 1. The highest BCUT2D eigenvalue weighted by atomic mass is 19.1. The maximum atomic E-state index is 14.4. The molecule has 0 radical (unpaired) electrons. The minimum absolute atomic E-state index is 0.350. The van der Waals surface area contributed by atoms with E-state index in [0.29, 0.717) is 16.9 Å². The average molecular weight is 312 g/mol. The van der Waals surface area contributed by atoms with E-state index in [1.807, 2.05) is 12.1 Å². The first-order valence-electron chi connectivity index (χ1n) is 7.32. The molecular formula is C18H17FN2O2. The monoisotopic (exact) mass is 312 g/mol. The van der Waals surface area contributed by atoms with Gasteiger partial charge >= 0.3 is 0 Å². The summed E-state index contributed by atoms with van der Waals surface area (Å²) in [7, 11) is 1.50. The largest absolute Gasteiger partial charge is 0.497 e. The summed E-state index contributed by atoms with van der Waals surface area (Å²) in [6.45, 7) is 0. The summed E-state index contributed by atoms with van der Waals surface area (Å²) >= 11 is 0. The molecule has 0 atom stereocenters. The van der Waals surface area contributed by atoms with Crippen molar-refractivity contribution in [1.29, 1.82) is 0 Å². The minimum Gasteiger partial charge on any atom is -0.497 e. The number of aryl methyl sites for hydroxylation is 1. The number of halogens is 1. The zero-order chi connectivity index (χ0) is 16.4. The van der Waals surface area contributed by atoms with Crippen LogP contribution >= 0.6 is 0 Å². The lowest BCUT2D eigenvalue weighted by Gasteiger charge is -2.19. The van der Waals surface area contributed by atoms with Crippen LogP contribution in [0.1, 0.15) is 33.5 Å². The van der Waals surface area contributed by atoms with E-state index >= 15 is 0 Å². The van der Waals surface area contributed by atoms with Crippen molar-refractivity contribution in [2.75, 3.05) is 7.11 Å². The van der Waals surface area contributed by atoms with Gasteiger partial charge in [0.05, 0.1) is 7.11 Å². The molecule has 23 heavy (non-hydrogen) atoms. The highest BCUT2D eigenvalue weighted by Crippen LogP contribution is 2.34. The number of methoxy groups -OCH3 is 1. The molecule has 0 unspecified atom stereocenters.